The summed E-state index contributed by atoms with van der Waals surface area (Å²) in [6.07, 6.45) is 0. The Morgan fingerprint density at radius 1 is 0.944 bits per heavy atom. The molecule has 0 saturated carbocycles. The van der Waals surface area contributed by atoms with E-state index in [9.17, 15) is 0 Å². The molecule has 3 aromatic rings. The fourth-order valence-corrected chi connectivity index (χ4v) is 2.35. The Morgan fingerprint density at radius 2 is 1.78 bits per heavy atom. The van der Waals surface area contributed by atoms with Gasteiger partial charge in [-0.25, -0.2) is 0 Å². The molecule has 18 heavy (non-hydrogen) atoms. The van der Waals surface area contributed by atoms with E-state index in [-0.39, 0.29) is 0 Å². The second-order valence-corrected chi connectivity index (χ2v) is 4.38. The number of hydrogen-bond donors (Lipinski definition) is 0. The van der Waals surface area contributed by atoms with Crippen LogP contribution in [0.25, 0.3) is 22.2 Å². The molecule has 2 heteroatoms. The first-order valence-electron chi connectivity index (χ1n) is 5.98. The molecular formula is C16H15NO. The lowest BCUT2D eigenvalue weighted by Gasteiger charge is -2.06. The van der Waals surface area contributed by atoms with Crippen LogP contribution in [0.15, 0.2) is 54.6 Å². The zero-order chi connectivity index (χ0) is 12.5. The smallest absolute Gasteiger partial charge is 0.119 e. The number of rotatable bonds is 2. The molecule has 0 spiro atoms. The molecule has 0 N–H and O–H groups in total. The number of nitrogens with zero attached hydrogens (tertiary/aromatic N) is 1. The van der Waals surface area contributed by atoms with E-state index >= 15 is 0 Å². The summed E-state index contributed by atoms with van der Waals surface area (Å²) >= 11 is 0. The highest BCUT2D eigenvalue weighted by atomic mass is 16.5. The first kappa shape index (κ1) is 10.9. The van der Waals surface area contributed by atoms with Crippen LogP contribution in [0.2, 0.25) is 0 Å². The highest BCUT2D eigenvalue weighted by Crippen LogP contribution is 2.29. The van der Waals surface area contributed by atoms with Gasteiger partial charge in [0.05, 0.1) is 7.11 Å². The van der Waals surface area contributed by atoms with Crippen LogP contribution >= 0.6 is 0 Å². The van der Waals surface area contributed by atoms with E-state index in [0.717, 1.165) is 5.75 Å². The van der Waals surface area contributed by atoms with Gasteiger partial charge in [0.25, 0.3) is 0 Å². The average molecular weight is 237 g/mol. The average Bonchev–Trinajstić information content (AvgIpc) is 2.77. The summed E-state index contributed by atoms with van der Waals surface area (Å²) in [5.74, 6) is 0.887. The van der Waals surface area contributed by atoms with Gasteiger partial charge < -0.3 is 9.30 Å². The van der Waals surface area contributed by atoms with Gasteiger partial charge in [0.2, 0.25) is 0 Å². The number of fused-ring (bicyclic) bond motifs is 1. The van der Waals surface area contributed by atoms with E-state index < -0.39 is 0 Å². The lowest BCUT2D eigenvalue weighted by atomic mass is 10.1. The third kappa shape index (κ3) is 1.66. The number of benzene rings is 2. The normalized spacial score (nSPS) is 10.8. The lowest BCUT2D eigenvalue weighted by molar-refractivity contribution is 0.415. The minimum atomic E-state index is 0.887. The number of para-hydroxylation sites is 1. The van der Waals surface area contributed by atoms with Crippen molar-refractivity contribution in [2.45, 2.75) is 0 Å². The summed E-state index contributed by atoms with van der Waals surface area (Å²) in [6.45, 7) is 0. The predicted octanol–water partition coefficient (Wildman–Crippen LogP) is 3.85. The van der Waals surface area contributed by atoms with E-state index in [2.05, 4.69) is 54.1 Å². The topological polar surface area (TPSA) is 14.2 Å². The van der Waals surface area contributed by atoms with Crippen LogP contribution in [0.1, 0.15) is 0 Å². The number of hydrogen-bond acceptors (Lipinski definition) is 1. The maximum atomic E-state index is 5.28. The van der Waals surface area contributed by atoms with E-state index in [4.69, 9.17) is 4.74 Å². The fraction of sp³-hybridized carbons (Fsp3) is 0.125. The van der Waals surface area contributed by atoms with Gasteiger partial charge in [0.1, 0.15) is 5.75 Å². The Kier molecular flexibility index (Phi) is 2.56. The van der Waals surface area contributed by atoms with Crippen molar-refractivity contribution in [2.24, 2.45) is 7.05 Å². The van der Waals surface area contributed by atoms with Crippen molar-refractivity contribution < 1.29 is 4.74 Å². The Morgan fingerprint density at radius 3 is 2.56 bits per heavy atom. The van der Waals surface area contributed by atoms with E-state index in [1.807, 2.05) is 12.1 Å². The van der Waals surface area contributed by atoms with E-state index in [0.29, 0.717) is 0 Å². The van der Waals surface area contributed by atoms with Crippen molar-refractivity contribution in [1.29, 1.82) is 0 Å². The van der Waals surface area contributed by atoms with Crippen molar-refractivity contribution in [3.05, 3.63) is 54.6 Å². The maximum absolute atomic E-state index is 5.28. The van der Waals surface area contributed by atoms with Crippen LogP contribution in [0.3, 0.4) is 0 Å². The molecule has 0 amide bonds. The van der Waals surface area contributed by atoms with E-state index in [1.54, 1.807) is 7.11 Å². The molecule has 0 bridgehead atoms. The molecule has 1 aromatic heterocycles. The van der Waals surface area contributed by atoms with Crippen LogP contribution in [0, 0.1) is 0 Å². The second kappa shape index (κ2) is 4.22. The molecule has 0 fully saturated rings. The standard InChI is InChI=1S/C16H15NO/c1-17-15-9-4-3-6-13(15)11-16(17)12-7-5-8-14(10-12)18-2/h3-11H,1-2H3. The summed E-state index contributed by atoms with van der Waals surface area (Å²) in [7, 11) is 3.79. The third-order valence-electron chi connectivity index (χ3n) is 3.32. The molecule has 0 unspecified atom stereocenters. The molecule has 2 aromatic carbocycles. The lowest BCUT2D eigenvalue weighted by Crippen LogP contribution is -1.91. The van der Waals surface area contributed by atoms with Gasteiger partial charge in [-0.05, 0) is 24.3 Å². The van der Waals surface area contributed by atoms with Gasteiger partial charge >= 0.3 is 0 Å². The highest BCUT2D eigenvalue weighted by Gasteiger charge is 2.07. The second-order valence-electron chi connectivity index (χ2n) is 4.38. The van der Waals surface area contributed by atoms with Crippen molar-refractivity contribution in [2.75, 3.05) is 7.11 Å². The van der Waals surface area contributed by atoms with Gasteiger partial charge in [-0.2, -0.15) is 0 Å². The Bertz CT molecular complexity index is 697. The number of ether oxygens (including phenoxy) is 1. The first-order chi connectivity index (χ1) is 8.79. The monoisotopic (exact) mass is 237 g/mol. The number of aromatic nitrogens is 1. The number of aryl methyl sites for hydroxylation is 1. The minimum absolute atomic E-state index is 0.887. The highest BCUT2D eigenvalue weighted by molar-refractivity contribution is 5.87. The van der Waals surface area contributed by atoms with Crippen LogP contribution < -0.4 is 4.74 Å². The van der Waals surface area contributed by atoms with Gasteiger partial charge in [-0.1, -0.05) is 30.3 Å². The van der Waals surface area contributed by atoms with Gasteiger partial charge in [0.15, 0.2) is 0 Å². The van der Waals surface area contributed by atoms with Crippen LogP contribution in [-0.4, -0.2) is 11.7 Å². The molecule has 0 atom stereocenters. The quantitative estimate of drug-likeness (QED) is 0.660. The predicted molar refractivity (Wildman–Crippen MR) is 74.9 cm³/mol. The van der Waals surface area contributed by atoms with Crippen LogP contribution in [0.5, 0.6) is 5.75 Å². The molecule has 0 saturated heterocycles. The zero-order valence-electron chi connectivity index (χ0n) is 10.6. The molecule has 0 aliphatic rings. The van der Waals surface area contributed by atoms with Gasteiger partial charge in [0, 0.05) is 29.2 Å². The molecule has 90 valence electrons. The number of methoxy groups -OCH3 is 1. The summed E-state index contributed by atoms with van der Waals surface area (Å²) < 4.78 is 7.49. The Balaban J connectivity index is 2.21. The van der Waals surface area contributed by atoms with Crippen molar-refractivity contribution in [3.63, 3.8) is 0 Å². The third-order valence-corrected chi connectivity index (χ3v) is 3.32. The fourth-order valence-electron chi connectivity index (χ4n) is 2.35. The largest absolute Gasteiger partial charge is 0.497 e. The van der Waals surface area contributed by atoms with Crippen molar-refractivity contribution in [3.8, 4) is 17.0 Å². The molecule has 3 rings (SSSR count). The summed E-state index contributed by atoms with van der Waals surface area (Å²) in [6, 6.07) is 18.8. The minimum Gasteiger partial charge on any atom is -0.497 e. The zero-order valence-corrected chi connectivity index (χ0v) is 10.6. The molecular weight excluding hydrogens is 222 g/mol. The van der Waals surface area contributed by atoms with E-state index in [1.165, 1.54) is 22.2 Å². The summed E-state index contributed by atoms with van der Waals surface area (Å²) in [5.41, 5.74) is 3.62. The van der Waals surface area contributed by atoms with Crippen molar-refractivity contribution >= 4 is 10.9 Å². The molecule has 1 heterocycles. The molecule has 0 aliphatic carbocycles. The van der Waals surface area contributed by atoms with Crippen molar-refractivity contribution in [1.82, 2.24) is 4.57 Å². The summed E-state index contributed by atoms with van der Waals surface area (Å²) in [5, 5.41) is 1.26. The van der Waals surface area contributed by atoms with Gasteiger partial charge in [-0.15, -0.1) is 0 Å². The van der Waals surface area contributed by atoms with Crippen LogP contribution in [-0.2, 0) is 7.05 Å². The maximum Gasteiger partial charge on any atom is 0.119 e. The van der Waals surface area contributed by atoms with Crippen LogP contribution in [0.4, 0.5) is 0 Å². The molecule has 2 nitrogen and oxygen atoms in total. The Labute approximate surface area is 106 Å². The van der Waals surface area contributed by atoms with Gasteiger partial charge in [-0.3, -0.25) is 0 Å². The molecule has 0 aliphatic heterocycles. The first-order valence-corrected chi connectivity index (χ1v) is 5.98. The Hall–Kier alpha value is -2.22. The SMILES string of the molecule is COc1cccc(-c2cc3ccccc3n2C)c1. The molecule has 0 radical (unpaired) electrons. The summed E-state index contributed by atoms with van der Waals surface area (Å²) in [4.78, 5) is 0.